The van der Waals surface area contributed by atoms with Crippen LogP contribution in [0.25, 0.3) is 22.0 Å². The van der Waals surface area contributed by atoms with Crippen LogP contribution in [0.3, 0.4) is 0 Å². The smallest absolute Gasteiger partial charge is 0.382 e. The minimum absolute atomic E-state index is 0. The first-order valence-corrected chi connectivity index (χ1v) is 9.18. The molecule has 8 heteroatoms. The summed E-state index contributed by atoms with van der Waals surface area (Å²) < 4.78 is 39.4. The minimum Gasteiger partial charge on any atom is -0.393 e. The topological polar surface area (TPSA) is 66.2 Å². The molecule has 0 aliphatic carbocycles. The number of aromatic nitrogens is 2. The molecule has 0 spiro atoms. The maximum Gasteiger partial charge on any atom is 0.382 e. The molecule has 0 aliphatic rings. The van der Waals surface area contributed by atoms with Gasteiger partial charge < -0.3 is 15.2 Å². The first kappa shape index (κ1) is 26.2. The van der Waals surface area contributed by atoms with E-state index in [9.17, 15) is 13.2 Å². The Hall–Kier alpha value is -1.86. The summed E-state index contributed by atoms with van der Waals surface area (Å²) in [5.74, 6) is 0. The van der Waals surface area contributed by atoms with E-state index in [1.807, 2.05) is 6.92 Å². The maximum absolute atomic E-state index is 13.1. The van der Waals surface area contributed by atoms with Crippen molar-refractivity contribution in [3.05, 3.63) is 59.5 Å². The van der Waals surface area contributed by atoms with Crippen molar-refractivity contribution in [1.29, 1.82) is 0 Å². The number of benzene rings is 2. The molecule has 4 nitrogen and oxygen atoms in total. The molecule has 0 bridgehead atoms. The van der Waals surface area contributed by atoms with Crippen molar-refractivity contribution in [2.45, 2.75) is 52.5 Å². The Morgan fingerprint density at radius 2 is 1.60 bits per heavy atom. The molecule has 0 saturated heterocycles. The Labute approximate surface area is 187 Å². The number of nitrogens with zero attached hydrogens (tertiary/aromatic N) is 2. The summed E-state index contributed by atoms with van der Waals surface area (Å²) in [6.45, 7) is 6.92. The third-order valence-corrected chi connectivity index (χ3v) is 4.14. The standard InChI is InChI=1S/C17H12F3N2.C5H12O2.Ir/c1-10-9-21-16(11(2)22-10)14-7-8-15(17(18,19)20)13-6-4-3-5-12(13)14;1-4(6)3-5(2)7;/h3-6,8-9H,1-2H3;4-7H,3H2,1-2H3;/q-1;;. The Bertz CT molecular complexity index is 970. The van der Waals surface area contributed by atoms with Crippen LogP contribution in [0.5, 0.6) is 0 Å². The van der Waals surface area contributed by atoms with Crippen LogP contribution in [0.2, 0.25) is 0 Å². The zero-order chi connectivity index (χ0) is 21.8. The van der Waals surface area contributed by atoms with Crippen molar-refractivity contribution in [3.8, 4) is 11.3 Å². The summed E-state index contributed by atoms with van der Waals surface area (Å²) >= 11 is 0. The fourth-order valence-electron chi connectivity index (χ4n) is 3.00. The van der Waals surface area contributed by atoms with Crippen LogP contribution in [0.15, 0.2) is 36.5 Å². The number of alkyl halides is 3. The van der Waals surface area contributed by atoms with E-state index in [1.54, 1.807) is 45.2 Å². The fraction of sp³-hybridized carbons (Fsp3) is 0.364. The van der Waals surface area contributed by atoms with Crippen LogP contribution in [0, 0.1) is 19.9 Å². The summed E-state index contributed by atoms with van der Waals surface area (Å²) in [7, 11) is 0. The molecule has 1 aromatic heterocycles. The van der Waals surface area contributed by atoms with Gasteiger partial charge in [-0.15, -0.1) is 17.7 Å². The average molecular weight is 598 g/mol. The first-order chi connectivity index (χ1) is 13.5. The summed E-state index contributed by atoms with van der Waals surface area (Å²) in [5.41, 5.74) is 1.83. The van der Waals surface area contributed by atoms with Gasteiger partial charge in [-0.1, -0.05) is 35.0 Å². The molecule has 2 unspecified atom stereocenters. The Balaban J connectivity index is 0.000000489. The molecule has 0 aliphatic heterocycles. The van der Waals surface area contributed by atoms with E-state index < -0.39 is 11.7 Å². The Morgan fingerprint density at radius 3 is 2.07 bits per heavy atom. The molecule has 1 radical (unpaired) electrons. The van der Waals surface area contributed by atoms with Crippen molar-refractivity contribution >= 4 is 10.8 Å². The normalized spacial score (nSPS) is 13.1. The van der Waals surface area contributed by atoms with Crippen LogP contribution < -0.4 is 0 Å². The largest absolute Gasteiger partial charge is 0.393 e. The average Bonchev–Trinajstić information content (AvgIpc) is 2.59. The van der Waals surface area contributed by atoms with Crippen LogP contribution in [0.1, 0.15) is 37.2 Å². The van der Waals surface area contributed by atoms with Gasteiger partial charge in [0.25, 0.3) is 0 Å². The van der Waals surface area contributed by atoms with Gasteiger partial charge in [-0.2, -0.15) is 13.2 Å². The number of aliphatic hydroxyl groups is 2. The zero-order valence-electron chi connectivity index (χ0n) is 17.1. The van der Waals surface area contributed by atoms with E-state index in [-0.39, 0.29) is 37.7 Å². The van der Waals surface area contributed by atoms with Crippen molar-refractivity contribution < 1.29 is 43.5 Å². The molecular weight excluding hydrogens is 573 g/mol. The van der Waals surface area contributed by atoms with Gasteiger partial charge in [0.2, 0.25) is 0 Å². The van der Waals surface area contributed by atoms with Crippen LogP contribution in [-0.4, -0.2) is 32.4 Å². The number of fused-ring (bicyclic) bond motifs is 1. The maximum atomic E-state index is 13.1. The molecule has 2 aromatic carbocycles. The number of hydrogen-bond donors (Lipinski definition) is 2. The van der Waals surface area contributed by atoms with Gasteiger partial charge in [0, 0.05) is 37.7 Å². The molecule has 30 heavy (non-hydrogen) atoms. The van der Waals surface area contributed by atoms with Gasteiger partial charge in [0.05, 0.1) is 17.9 Å². The van der Waals surface area contributed by atoms with Gasteiger partial charge in [-0.25, -0.2) is 0 Å². The van der Waals surface area contributed by atoms with E-state index in [2.05, 4.69) is 16.0 Å². The number of rotatable bonds is 3. The van der Waals surface area contributed by atoms with Crippen LogP contribution in [-0.2, 0) is 26.3 Å². The summed E-state index contributed by atoms with van der Waals surface area (Å²) in [6.07, 6.45) is -3.09. The van der Waals surface area contributed by atoms with Gasteiger partial charge in [0.1, 0.15) is 0 Å². The third kappa shape index (κ3) is 6.84. The SMILES string of the molecule is CC(O)CC(C)O.Cc1cnc(-c2[c-]cc(C(F)(F)F)c3ccccc23)c(C)n1.[Ir]. The van der Waals surface area contributed by atoms with Gasteiger partial charge in [-0.3, -0.25) is 4.98 Å². The van der Waals surface area contributed by atoms with Gasteiger partial charge >= 0.3 is 6.18 Å². The predicted molar refractivity (Wildman–Crippen MR) is 106 cm³/mol. The predicted octanol–water partition coefficient (Wildman–Crippen LogP) is 4.87. The number of halogens is 3. The molecule has 2 atom stereocenters. The Kier molecular flexibility index (Phi) is 9.56. The molecule has 2 N–H and O–H groups in total. The second-order valence-corrected chi connectivity index (χ2v) is 7.00. The molecule has 3 rings (SSSR count). The van der Waals surface area contributed by atoms with Crippen molar-refractivity contribution in [1.82, 2.24) is 9.97 Å². The van der Waals surface area contributed by atoms with Crippen molar-refractivity contribution in [3.63, 3.8) is 0 Å². The van der Waals surface area contributed by atoms with E-state index in [1.165, 1.54) is 6.07 Å². The fourth-order valence-corrected chi connectivity index (χ4v) is 3.00. The van der Waals surface area contributed by atoms with E-state index >= 15 is 0 Å². The molecule has 165 valence electrons. The van der Waals surface area contributed by atoms with Gasteiger partial charge in [-0.05, 0) is 39.7 Å². The van der Waals surface area contributed by atoms with Crippen molar-refractivity contribution in [2.75, 3.05) is 0 Å². The minimum atomic E-state index is -4.41. The molecule has 0 amide bonds. The summed E-state index contributed by atoms with van der Waals surface area (Å²) in [6, 6.07) is 10.1. The zero-order valence-corrected chi connectivity index (χ0v) is 19.5. The molecular formula is C22H24F3IrN2O2-. The second-order valence-electron chi connectivity index (χ2n) is 7.00. The van der Waals surface area contributed by atoms with Crippen LogP contribution >= 0.6 is 0 Å². The van der Waals surface area contributed by atoms with Crippen LogP contribution in [0.4, 0.5) is 13.2 Å². The van der Waals surface area contributed by atoms with Gasteiger partial charge in [0.15, 0.2) is 0 Å². The van der Waals surface area contributed by atoms with Crippen molar-refractivity contribution in [2.24, 2.45) is 0 Å². The summed E-state index contributed by atoms with van der Waals surface area (Å²) in [5, 5.41) is 17.7. The van der Waals surface area contributed by atoms with E-state index in [0.717, 1.165) is 11.8 Å². The quantitative estimate of drug-likeness (QED) is 0.423. The number of aryl methyl sites for hydroxylation is 2. The first-order valence-electron chi connectivity index (χ1n) is 9.18. The molecule has 1 heterocycles. The summed E-state index contributed by atoms with van der Waals surface area (Å²) in [4.78, 5) is 8.64. The molecule has 3 aromatic rings. The second kappa shape index (κ2) is 11.0. The molecule has 0 fully saturated rings. The Morgan fingerprint density at radius 1 is 1.03 bits per heavy atom. The van der Waals surface area contributed by atoms with E-state index in [4.69, 9.17) is 10.2 Å². The number of hydrogen-bond acceptors (Lipinski definition) is 4. The number of aliphatic hydroxyl groups excluding tert-OH is 2. The third-order valence-electron chi connectivity index (χ3n) is 4.14. The van der Waals surface area contributed by atoms with E-state index in [0.29, 0.717) is 28.8 Å². The monoisotopic (exact) mass is 598 g/mol. The molecule has 0 saturated carbocycles.